The van der Waals surface area contributed by atoms with Crippen LogP contribution in [-0.4, -0.2) is 49.0 Å². The van der Waals surface area contributed by atoms with Gasteiger partial charge in [-0.3, -0.25) is 14.5 Å². The Morgan fingerprint density at radius 3 is 2.50 bits per heavy atom. The van der Waals surface area contributed by atoms with E-state index in [1.165, 1.54) is 7.11 Å². The fourth-order valence-electron chi connectivity index (χ4n) is 3.49. The van der Waals surface area contributed by atoms with Crippen LogP contribution in [0.2, 0.25) is 0 Å². The number of benzene rings is 2. The molecule has 0 aliphatic carbocycles. The standard InChI is InChI=1S/C22H25N3O5/c1-14-9-10-18(30-4)16(11-14)23-19(26)13-25-20(27)22(2,24-21(25)28)12-15-7-5-6-8-17(15)29-3/h5-11H,12-13H2,1-4H3,(H,23,26)(H,24,28)/t22-/m1/s1. The third-order valence-electron chi connectivity index (χ3n) is 5.01. The molecule has 0 saturated carbocycles. The quantitative estimate of drug-likeness (QED) is 0.683. The van der Waals surface area contributed by atoms with Gasteiger partial charge in [0.1, 0.15) is 23.6 Å². The zero-order valence-electron chi connectivity index (χ0n) is 17.4. The lowest BCUT2D eigenvalue weighted by molar-refractivity contribution is -0.133. The van der Waals surface area contributed by atoms with Gasteiger partial charge in [-0.2, -0.15) is 0 Å². The van der Waals surface area contributed by atoms with Crippen LogP contribution in [0.25, 0.3) is 0 Å². The largest absolute Gasteiger partial charge is 0.496 e. The molecule has 1 aliphatic heterocycles. The van der Waals surface area contributed by atoms with E-state index in [0.29, 0.717) is 17.2 Å². The van der Waals surface area contributed by atoms with Crippen molar-refractivity contribution in [3.63, 3.8) is 0 Å². The molecule has 0 unspecified atom stereocenters. The minimum absolute atomic E-state index is 0.241. The molecule has 1 aliphatic rings. The second-order valence-corrected chi connectivity index (χ2v) is 7.39. The van der Waals surface area contributed by atoms with Crippen molar-refractivity contribution in [2.24, 2.45) is 0 Å². The van der Waals surface area contributed by atoms with Gasteiger partial charge in [-0.05, 0) is 43.2 Å². The summed E-state index contributed by atoms with van der Waals surface area (Å²) in [7, 11) is 3.05. The normalized spacial score (nSPS) is 18.2. The number of hydrogen-bond donors (Lipinski definition) is 2. The summed E-state index contributed by atoms with van der Waals surface area (Å²) in [4.78, 5) is 38.9. The van der Waals surface area contributed by atoms with E-state index in [-0.39, 0.29) is 6.42 Å². The van der Waals surface area contributed by atoms with Gasteiger partial charge in [-0.15, -0.1) is 0 Å². The van der Waals surface area contributed by atoms with E-state index in [1.54, 1.807) is 32.2 Å². The topological polar surface area (TPSA) is 97.0 Å². The Balaban J connectivity index is 1.73. The molecule has 4 amide bonds. The van der Waals surface area contributed by atoms with Crippen molar-refractivity contribution in [2.75, 3.05) is 26.1 Å². The van der Waals surface area contributed by atoms with Gasteiger partial charge >= 0.3 is 6.03 Å². The van der Waals surface area contributed by atoms with E-state index >= 15 is 0 Å². The average Bonchev–Trinajstić information content (AvgIpc) is 2.91. The summed E-state index contributed by atoms with van der Waals surface area (Å²) in [6, 6.07) is 12.0. The Bertz CT molecular complexity index is 990. The molecule has 0 spiro atoms. The molecule has 0 radical (unpaired) electrons. The summed E-state index contributed by atoms with van der Waals surface area (Å²) in [5.41, 5.74) is 1.02. The van der Waals surface area contributed by atoms with Crippen molar-refractivity contribution in [3.05, 3.63) is 53.6 Å². The van der Waals surface area contributed by atoms with Crippen LogP contribution in [0.5, 0.6) is 11.5 Å². The van der Waals surface area contributed by atoms with Gasteiger partial charge in [0, 0.05) is 6.42 Å². The number of ether oxygens (including phenoxy) is 2. The Morgan fingerprint density at radius 2 is 1.80 bits per heavy atom. The molecular formula is C22H25N3O5. The molecule has 1 atom stereocenters. The molecule has 1 saturated heterocycles. The number of hydrogen-bond acceptors (Lipinski definition) is 5. The molecule has 30 heavy (non-hydrogen) atoms. The number of carbonyl (C=O) groups excluding carboxylic acids is 3. The number of aryl methyl sites for hydroxylation is 1. The molecule has 1 heterocycles. The highest BCUT2D eigenvalue weighted by molar-refractivity contribution is 6.10. The number of anilines is 1. The molecule has 2 aromatic carbocycles. The third-order valence-corrected chi connectivity index (χ3v) is 5.01. The van der Waals surface area contributed by atoms with E-state index in [4.69, 9.17) is 9.47 Å². The number of methoxy groups -OCH3 is 2. The first-order valence-electron chi connectivity index (χ1n) is 9.48. The van der Waals surface area contributed by atoms with Gasteiger partial charge in [0.25, 0.3) is 5.91 Å². The fraction of sp³-hybridized carbons (Fsp3) is 0.318. The van der Waals surface area contributed by atoms with Crippen molar-refractivity contribution in [2.45, 2.75) is 25.8 Å². The maximum absolute atomic E-state index is 13.0. The summed E-state index contributed by atoms with van der Waals surface area (Å²) in [5, 5.41) is 5.42. The van der Waals surface area contributed by atoms with Crippen LogP contribution in [0, 0.1) is 6.92 Å². The van der Waals surface area contributed by atoms with Gasteiger partial charge in [0.2, 0.25) is 5.91 Å². The Kier molecular flexibility index (Phi) is 5.96. The minimum Gasteiger partial charge on any atom is -0.496 e. The first kappa shape index (κ1) is 21.2. The van der Waals surface area contributed by atoms with Crippen LogP contribution in [-0.2, 0) is 16.0 Å². The van der Waals surface area contributed by atoms with Crippen molar-refractivity contribution < 1.29 is 23.9 Å². The summed E-state index contributed by atoms with van der Waals surface area (Å²) >= 11 is 0. The number of para-hydroxylation sites is 1. The highest BCUT2D eigenvalue weighted by Gasteiger charge is 2.48. The number of rotatable bonds is 7. The van der Waals surface area contributed by atoms with Crippen molar-refractivity contribution >= 4 is 23.5 Å². The molecule has 3 rings (SSSR count). The lowest BCUT2D eigenvalue weighted by Gasteiger charge is -2.22. The number of imide groups is 1. The van der Waals surface area contributed by atoms with Crippen molar-refractivity contribution in [1.82, 2.24) is 10.2 Å². The van der Waals surface area contributed by atoms with Crippen LogP contribution < -0.4 is 20.1 Å². The van der Waals surface area contributed by atoms with E-state index in [0.717, 1.165) is 16.0 Å². The lowest BCUT2D eigenvalue weighted by Crippen LogP contribution is -2.46. The highest BCUT2D eigenvalue weighted by Crippen LogP contribution is 2.28. The monoisotopic (exact) mass is 411 g/mol. The molecule has 2 aromatic rings. The zero-order valence-corrected chi connectivity index (χ0v) is 17.4. The van der Waals surface area contributed by atoms with E-state index in [1.807, 2.05) is 31.2 Å². The molecule has 158 valence electrons. The molecule has 8 nitrogen and oxygen atoms in total. The Morgan fingerprint density at radius 1 is 1.10 bits per heavy atom. The number of carbonyl (C=O) groups is 3. The Hall–Kier alpha value is -3.55. The third kappa shape index (κ3) is 4.22. The predicted octanol–water partition coefficient (Wildman–Crippen LogP) is 2.50. The molecule has 2 N–H and O–H groups in total. The van der Waals surface area contributed by atoms with Crippen molar-refractivity contribution in [1.29, 1.82) is 0 Å². The minimum atomic E-state index is -1.17. The summed E-state index contributed by atoms with van der Waals surface area (Å²) < 4.78 is 10.6. The van der Waals surface area contributed by atoms with Gasteiger partial charge in [0.05, 0.1) is 19.9 Å². The molecule has 8 heteroatoms. The van der Waals surface area contributed by atoms with E-state index < -0.39 is 29.9 Å². The van der Waals surface area contributed by atoms with E-state index in [9.17, 15) is 14.4 Å². The number of urea groups is 1. The second-order valence-electron chi connectivity index (χ2n) is 7.39. The summed E-state index contributed by atoms with van der Waals surface area (Å²) in [5.74, 6) is 0.157. The van der Waals surface area contributed by atoms with Crippen LogP contribution >= 0.6 is 0 Å². The first-order valence-corrected chi connectivity index (χ1v) is 9.48. The van der Waals surface area contributed by atoms with Crippen LogP contribution in [0.1, 0.15) is 18.1 Å². The Labute approximate surface area is 175 Å². The molecule has 1 fully saturated rings. The maximum atomic E-state index is 13.0. The smallest absolute Gasteiger partial charge is 0.325 e. The first-order chi connectivity index (χ1) is 14.3. The van der Waals surface area contributed by atoms with Gasteiger partial charge in [0.15, 0.2) is 0 Å². The van der Waals surface area contributed by atoms with Crippen LogP contribution in [0.3, 0.4) is 0 Å². The van der Waals surface area contributed by atoms with E-state index in [2.05, 4.69) is 10.6 Å². The number of amides is 4. The molecule has 0 bridgehead atoms. The van der Waals surface area contributed by atoms with Crippen molar-refractivity contribution in [3.8, 4) is 11.5 Å². The van der Waals surface area contributed by atoms with Gasteiger partial charge in [-0.25, -0.2) is 4.79 Å². The lowest BCUT2D eigenvalue weighted by atomic mass is 9.92. The second kappa shape index (κ2) is 8.44. The van der Waals surface area contributed by atoms with Gasteiger partial charge in [-0.1, -0.05) is 24.3 Å². The highest BCUT2D eigenvalue weighted by atomic mass is 16.5. The fourth-order valence-corrected chi connectivity index (χ4v) is 3.49. The van der Waals surface area contributed by atoms with Gasteiger partial charge < -0.3 is 20.1 Å². The summed E-state index contributed by atoms with van der Waals surface area (Å²) in [6.45, 7) is 3.13. The average molecular weight is 411 g/mol. The number of nitrogens with one attached hydrogen (secondary N) is 2. The SMILES string of the molecule is COc1ccccc1C[C@@]1(C)NC(=O)N(CC(=O)Nc2cc(C)ccc2OC)C1=O. The molecule has 0 aromatic heterocycles. The van der Waals surface area contributed by atoms with Crippen LogP contribution in [0.4, 0.5) is 10.5 Å². The number of nitrogens with zero attached hydrogens (tertiary/aromatic N) is 1. The predicted molar refractivity (Wildman–Crippen MR) is 112 cm³/mol. The van der Waals surface area contributed by atoms with Crippen LogP contribution in [0.15, 0.2) is 42.5 Å². The maximum Gasteiger partial charge on any atom is 0.325 e. The molecular weight excluding hydrogens is 386 g/mol. The summed E-state index contributed by atoms with van der Waals surface area (Å²) in [6.07, 6.45) is 0.241. The zero-order chi connectivity index (χ0) is 21.9.